The predicted molar refractivity (Wildman–Crippen MR) is 107 cm³/mol. The van der Waals surface area contributed by atoms with Gasteiger partial charge in [-0.05, 0) is 55.9 Å². The van der Waals surface area contributed by atoms with Gasteiger partial charge in [0.25, 0.3) is 0 Å². The molecule has 0 aliphatic rings. The fraction of sp³-hybridized carbons (Fsp3) is 0.545. The largest absolute Gasteiger partial charge is 0.496 e. The summed E-state index contributed by atoms with van der Waals surface area (Å²) in [6.07, 6.45) is -2.24. The summed E-state index contributed by atoms with van der Waals surface area (Å²) in [5.41, 5.74) is 3.06. The monoisotopic (exact) mass is 417 g/mol. The van der Waals surface area contributed by atoms with E-state index in [1.165, 1.54) is 31.4 Å². The van der Waals surface area contributed by atoms with Crippen molar-refractivity contribution in [2.75, 3.05) is 7.11 Å². The number of allylic oxidation sites excluding steroid dienone is 3. The summed E-state index contributed by atoms with van der Waals surface area (Å²) in [5.74, 6) is -0.128. The molecule has 0 aliphatic carbocycles. The zero-order valence-electron chi connectivity index (χ0n) is 17.7. The standard InChI is InChI=1S/C22H31F4NO2/c1-6-7-15(2)12-17(27)14-21(28,22(24,25)26)11-10-20(3,4)18-13-16(23)8-9-19(18)29-5/h7-9,12-13,28H,6,10-11,14,27H2,1-5H3/b15-7+,17-12-. The average Bonchev–Trinajstić information content (AvgIpc) is 2.59. The van der Waals surface area contributed by atoms with Gasteiger partial charge in [-0.25, -0.2) is 4.39 Å². The van der Waals surface area contributed by atoms with Crippen LogP contribution in [0, 0.1) is 5.82 Å². The molecule has 1 atom stereocenters. The molecular weight excluding hydrogens is 386 g/mol. The maximum absolute atomic E-state index is 13.7. The highest BCUT2D eigenvalue weighted by Crippen LogP contribution is 2.43. The molecule has 1 aromatic rings. The van der Waals surface area contributed by atoms with E-state index < -0.39 is 35.9 Å². The number of nitrogens with two attached hydrogens (primary N) is 1. The molecule has 0 aliphatic heterocycles. The summed E-state index contributed by atoms with van der Waals surface area (Å²) >= 11 is 0. The molecule has 164 valence electrons. The molecule has 29 heavy (non-hydrogen) atoms. The molecule has 0 saturated carbocycles. The molecule has 3 nitrogen and oxygen atoms in total. The Morgan fingerprint density at radius 2 is 1.83 bits per heavy atom. The van der Waals surface area contributed by atoms with Gasteiger partial charge in [-0.15, -0.1) is 0 Å². The molecule has 0 heterocycles. The van der Waals surface area contributed by atoms with Crippen LogP contribution < -0.4 is 10.5 Å². The quantitative estimate of drug-likeness (QED) is 0.396. The lowest BCUT2D eigenvalue weighted by atomic mass is 9.76. The molecule has 0 fully saturated rings. The Morgan fingerprint density at radius 3 is 2.34 bits per heavy atom. The first-order chi connectivity index (χ1) is 13.3. The van der Waals surface area contributed by atoms with Crippen LogP contribution in [0.1, 0.15) is 58.9 Å². The van der Waals surface area contributed by atoms with Crippen molar-refractivity contribution in [3.8, 4) is 5.75 Å². The molecule has 1 aromatic carbocycles. The number of hydrogen-bond acceptors (Lipinski definition) is 3. The minimum atomic E-state index is -4.87. The molecule has 0 bridgehead atoms. The number of rotatable bonds is 9. The van der Waals surface area contributed by atoms with Crippen molar-refractivity contribution < 1.29 is 27.4 Å². The number of halogens is 4. The molecule has 0 radical (unpaired) electrons. The zero-order valence-corrected chi connectivity index (χ0v) is 17.7. The van der Waals surface area contributed by atoms with E-state index >= 15 is 0 Å². The summed E-state index contributed by atoms with van der Waals surface area (Å²) in [6.45, 7) is 7.02. The number of ether oxygens (including phenoxy) is 1. The number of methoxy groups -OCH3 is 1. The number of benzene rings is 1. The van der Waals surface area contributed by atoms with Gasteiger partial charge in [0.15, 0.2) is 5.60 Å². The van der Waals surface area contributed by atoms with E-state index in [9.17, 15) is 22.7 Å². The summed E-state index contributed by atoms with van der Waals surface area (Å²) in [7, 11) is 1.41. The Hall–Kier alpha value is -2.02. The van der Waals surface area contributed by atoms with E-state index in [0.717, 1.165) is 12.0 Å². The maximum atomic E-state index is 13.7. The number of aliphatic hydroxyl groups is 1. The Balaban J connectivity index is 3.14. The first-order valence-corrected chi connectivity index (χ1v) is 9.51. The summed E-state index contributed by atoms with van der Waals surface area (Å²) < 4.78 is 60.1. The van der Waals surface area contributed by atoms with Crippen LogP contribution in [-0.2, 0) is 5.41 Å². The highest BCUT2D eigenvalue weighted by atomic mass is 19.4. The third-order valence-corrected chi connectivity index (χ3v) is 5.02. The van der Waals surface area contributed by atoms with Crippen molar-refractivity contribution in [2.45, 2.75) is 70.6 Å². The lowest BCUT2D eigenvalue weighted by Gasteiger charge is -2.35. The SMILES string of the molecule is CC/C=C(C)/C=C(\N)CC(O)(CCC(C)(C)c1cc(F)ccc1OC)C(F)(F)F. The van der Waals surface area contributed by atoms with Gasteiger partial charge in [-0.2, -0.15) is 13.2 Å². The summed E-state index contributed by atoms with van der Waals surface area (Å²) in [5, 5.41) is 10.5. The topological polar surface area (TPSA) is 55.5 Å². The second kappa shape index (κ2) is 9.65. The van der Waals surface area contributed by atoms with Crippen LogP contribution in [0.4, 0.5) is 17.6 Å². The van der Waals surface area contributed by atoms with Gasteiger partial charge < -0.3 is 15.6 Å². The van der Waals surface area contributed by atoms with Crippen LogP contribution in [-0.4, -0.2) is 24.0 Å². The third-order valence-electron chi connectivity index (χ3n) is 5.02. The van der Waals surface area contributed by atoms with Gasteiger partial charge in [0.05, 0.1) is 7.11 Å². The van der Waals surface area contributed by atoms with Crippen molar-refractivity contribution >= 4 is 0 Å². The highest BCUT2D eigenvalue weighted by molar-refractivity contribution is 5.39. The van der Waals surface area contributed by atoms with Crippen LogP contribution in [0.15, 0.2) is 41.6 Å². The third kappa shape index (κ3) is 6.77. The van der Waals surface area contributed by atoms with Gasteiger partial charge in [0, 0.05) is 17.7 Å². The lowest BCUT2D eigenvalue weighted by Crippen LogP contribution is -2.47. The Morgan fingerprint density at radius 1 is 1.21 bits per heavy atom. The molecule has 0 spiro atoms. The lowest BCUT2D eigenvalue weighted by molar-refractivity contribution is -0.263. The predicted octanol–water partition coefficient (Wildman–Crippen LogP) is 5.77. The minimum absolute atomic E-state index is 0.0480. The van der Waals surface area contributed by atoms with E-state index in [1.807, 2.05) is 13.0 Å². The number of hydrogen-bond donors (Lipinski definition) is 2. The van der Waals surface area contributed by atoms with Gasteiger partial charge in [-0.3, -0.25) is 0 Å². The van der Waals surface area contributed by atoms with Crippen LogP contribution in [0.3, 0.4) is 0 Å². The van der Waals surface area contributed by atoms with E-state index in [-0.39, 0.29) is 12.1 Å². The van der Waals surface area contributed by atoms with Gasteiger partial charge in [0.2, 0.25) is 0 Å². The van der Waals surface area contributed by atoms with Crippen molar-refractivity contribution in [3.05, 3.63) is 53.0 Å². The van der Waals surface area contributed by atoms with Crippen LogP contribution in [0.5, 0.6) is 5.75 Å². The molecule has 3 N–H and O–H groups in total. The first-order valence-electron chi connectivity index (χ1n) is 9.51. The molecule has 0 saturated heterocycles. The van der Waals surface area contributed by atoms with Crippen LogP contribution >= 0.6 is 0 Å². The summed E-state index contributed by atoms with van der Waals surface area (Å²) in [6, 6.07) is 3.91. The number of alkyl halides is 3. The Labute approximate surface area is 170 Å². The van der Waals surface area contributed by atoms with Gasteiger partial charge >= 0.3 is 6.18 Å². The van der Waals surface area contributed by atoms with Gasteiger partial charge in [-0.1, -0.05) is 32.4 Å². The van der Waals surface area contributed by atoms with Crippen molar-refractivity contribution in [1.82, 2.24) is 0 Å². The van der Waals surface area contributed by atoms with Gasteiger partial charge in [0.1, 0.15) is 11.6 Å². The maximum Gasteiger partial charge on any atom is 0.417 e. The van der Waals surface area contributed by atoms with Crippen LogP contribution in [0.2, 0.25) is 0 Å². The van der Waals surface area contributed by atoms with E-state index in [0.29, 0.717) is 11.3 Å². The average molecular weight is 417 g/mol. The normalized spacial score (nSPS) is 15.9. The van der Waals surface area contributed by atoms with Crippen molar-refractivity contribution in [1.29, 1.82) is 0 Å². The molecule has 7 heteroatoms. The first kappa shape index (κ1) is 25.0. The van der Waals surface area contributed by atoms with E-state index in [4.69, 9.17) is 10.5 Å². The molecular formula is C22H31F4NO2. The van der Waals surface area contributed by atoms with E-state index in [2.05, 4.69) is 0 Å². The molecule has 0 aromatic heterocycles. The zero-order chi connectivity index (χ0) is 22.5. The van der Waals surface area contributed by atoms with Crippen molar-refractivity contribution in [2.24, 2.45) is 5.73 Å². The Kier molecular flexibility index (Phi) is 8.33. The Bertz CT molecular complexity index is 754. The molecule has 0 amide bonds. The second-order valence-corrected chi connectivity index (χ2v) is 8.01. The summed E-state index contributed by atoms with van der Waals surface area (Å²) in [4.78, 5) is 0. The van der Waals surface area contributed by atoms with E-state index in [1.54, 1.807) is 20.8 Å². The fourth-order valence-electron chi connectivity index (χ4n) is 3.26. The molecule has 1 rings (SSSR count). The fourth-order valence-corrected chi connectivity index (χ4v) is 3.26. The second-order valence-electron chi connectivity index (χ2n) is 8.01. The minimum Gasteiger partial charge on any atom is -0.496 e. The van der Waals surface area contributed by atoms with Crippen molar-refractivity contribution in [3.63, 3.8) is 0 Å². The smallest absolute Gasteiger partial charge is 0.417 e. The van der Waals surface area contributed by atoms with Crippen LogP contribution in [0.25, 0.3) is 0 Å². The highest BCUT2D eigenvalue weighted by Gasteiger charge is 2.53. The molecule has 1 unspecified atom stereocenters.